The van der Waals surface area contributed by atoms with Gasteiger partial charge in [0.1, 0.15) is 10.7 Å². The van der Waals surface area contributed by atoms with E-state index >= 15 is 0 Å². The first-order valence-corrected chi connectivity index (χ1v) is 8.58. The van der Waals surface area contributed by atoms with E-state index in [2.05, 4.69) is 0 Å². The lowest BCUT2D eigenvalue weighted by Crippen LogP contribution is -2.15. The van der Waals surface area contributed by atoms with E-state index in [1.807, 2.05) is 0 Å². The maximum atomic E-state index is 11.2. The molecule has 1 unspecified atom stereocenters. The molecule has 0 aliphatic carbocycles. The predicted octanol–water partition coefficient (Wildman–Crippen LogP) is -0.132. The highest BCUT2D eigenvalue weighted by molar-refractivity contribution is 7.89. The number of thiol groups is 1. The maximum Gasteiger partial charge on any atom is 0.312 e. The van der Waals surface area contributed by atoms with Gasteiger partial charge in [0.05, 0.1) is 22.2 Å². The Hall–Kier alpha value is -1.72. The number of sulfonamides is 1. The zero-order valence-electron chi connectivity index (χ0n) is 11.0. The van der Waals surface area contributed by atoms with Crippen LogP contribution >= 0.6 is 0 Å². The molecule has 0 aliphatic rings. The predicted molar refractivity (Wildman–Crippen MR) is 74.3 cm³/mol. The first-order chi connectivity index (χ1) is 9.61. The van der Waals surface area contributed by atoms with Crippen LogP contribution in [0.1, 0.15) is 6.92 Å². The number of hydrogen-bond donors (Lipinski definition) is 2. The molecule has 1 rings (SSSR count). The van der Waals surface area contributed by atoms with Gasteiger partial charge < -0.3 is 4.74 Å². The summed E-state index contributed by atoms with van der Waals surface area (Å²) in [4.78, 5) is 9.71. The van der Waals surface area contributed by atoms with Gasteiger partial charge in [-0.2, -0.15) is 0 Å². The van der Waals surface area contributed by atoms with Crippen LogP contribution in [0.3, 0.4) is 0 Å². The van der Waals surface area contributed by atoms with Crippen LogP contribution in [0.25, 0.3) is 0 Å². The number of nitrogens with zero attached hydrogens (tertiary/aromatic N) is 1. The Morgan fingerprint density at radius 1 is 1.43 bits per heavy atom. The van der Waals surface area contributed by atoms with E-state index in [4.69, 9.17) is 9.88 Å². The van der Waals surface area contributed by atoms with Crippen LogP contribution in [-0.2, 0) is 20.7 Å². The van der Waals surface area contributed by atoms with Crippen molar-refractivity contribution < 1.29 is 26.5 Å². The summed E-state index contributed by atoms with van der Waals surface area (Å²) in [5.74, 6) is -0.623. The van der Waals surface area contributed by atoms with Gasteiger partial charge in [0.25, 0.3) is 0 Å². The molecule has 11 heteroatoms. The Labute approximate surface area is 122 Å². The van der Waals surface area contributed by atoms with Crippen molar-refractivity contribution in [3.63, 3.8) is 0 Å². The molecule has 0 heterocycles. The van der Waals surface area contributed by atoms with Crippen molar-refractivity contribution in [2.45, 2.75) is 11.8 Å². The van der Waals surface area contributed by atoms with Gasteiger partial charge in [-0.05, 0) is 12.1 Å². The van der Waals surface area contributed by atoms with E-state index in [9.17, 15) is 26.9 Å². The molecule has 2 N–H and O–H groups in total. The number of nitro groups is 1. The minimum Gasteiger partial charge on any atom is -0.486 e. The Morgan fingerprint density at radius 3 is 2.52 bits per heavy atom. The number of nitro benzene ring substituents is 1. The Bertz CT molecular complexity index is 704. The maximum absolute atomic E-state index is 11.2. The highest BCUT2D eigenvalue weighted by atomic mass is 32.2. The van der Waals surface area contributed by atoms with Gasteiger partial charge in [-0.1, -0.05) is 6.92 Å². The summed E-state index contributed by atoms with van der Waals surface area (Å²) in [5.41, 5.74) is -0.555. The van der Waals surface area contributed by atoms with Crippen LogP contribution in [0.4, 0.5) is 5.69 Å². The topological polar surface area (TPSA) is 147 Å². The highest BCUT2D eigenvalue weighted by Crippen LogP contribution is 2.29. The van der Waals surface area contributed by atoms with Gasteiger partial charge in [0, 0.05) is 12.0 Å². The number of benzene rings is 1. The molecule has 0 fully saturated rings. The lowest BCUT2D eigenvalue weighted by molar-refractivity contribution is -0.386. The van der Waals surface area contributed by atoms with Gasteiger partial charge in [-0.15, -0.1) is 0 Å². The summed E-state index contributed by atoms with van der Waals surface area (Å²) >= 11 is 0. The fraction of sp³-hybridized carbons (Fsp3) is 0.400. The summed E-state index contributed by atoms with van der Waals surface area (Å²) in [6, 6.07) is 2.99. The van der Waals surface area contributed by atoms with Crippen LogP contribution in [0.2, 0.25) is 0 Å². The third-order valence-electron chi connectivity index (χ3n) is 2.44. The van der Waals surface area contributed by atoms with Crippen molar-refractivity contribution in [3.05, 3.63) is 28.3 Å². The minimum atomic E-state index is -4.06. The normalized spacial score (nSPS) is 13.1. The number of nitrogens with two attached hydrogens (primary N) is 1. The lowest BCUT2D eigenvalue weighted by atomic mass is 10.2. The molecule has 0 amide bonds. The second kappa shape index (κ2) is 6.83. The minimum absolute atomic E-state index is 0.0567. The monoisotopic (exact) mass is 338 g/mol. The zero-order valence-corrected chi connectivity index (χ0v) is 12.7. The molecule has 9 nitrogen and oxygen atoms in total. The summed E-state index contributed by atoms with van der Waals surface area (Å²) in [7, 11) is -6.63. The molecule has 0 saturated carbocycles. The first kappa shape index (κ1) is 17.3. The van der Waals surface area contributed by atoms with E-state index in [1.54, 1.807) is 6.92 Å². The largest absolute Gasteiger partial charge is 0.486 e. The SMILES string of the molecule is CC(COc1ccc(S(N)(=O)=O)cc1[N+](=O)[O-])C[SH](=O)=O. The van der Waals surface area contributed by atoms with Crippen molar-refractivity contribution in [2.24, 2.45) is 11.1 Å². The summed E-state index contributed by atoms with van der Waals surface area (Å²) in [6.07, 6.45) is 0. The van der Waals surface area contributed by atoms with Gasteiger partial charge in [-0.25, -0.2) is 22.0 Å². The van der Waals surface area contributed by atoms with Crippen LogP contribution in [0, 0.1) is 16.0 Å². The molecule has 1 aromatic rings. The molecular weight excluding hydrogens is 324 g/mol. The van der Waals surface area contributed by atoms with E-state index < -0.39 is 36.2 Å². The van der Waals surface area contributed by atoms with Gasteiger partial charge in [0.2, 0.25) is 10.0 Å². The summed E-state index contributed by atoms with van der Waals surface area (Å²) in [6.45, 7) is 1.55. The third-order valence-corrected chi connectivity index (χ3v) is 4.27. The standard InChI is InChI=1S/C10H14N2O7S2/c1-7(6-20(15)16)5-19-10-3-2-8(21(11,17)18)4-9(10)12(13)14/h2-4,7,20H,5-6H2,1H3,(H2,11,17,18). The van der Waals surface area contributed by atoms with Gasteiger partial charge in [-0.3, -0.25) is 10.1 Å². The molecule has 1 atom stereocenters. The van der Waals surface area contributed by atoms with Gasteiger partial charge >= 0.3 is 5.69 Å². The molecule has 0 saturated heterocycles. The Balaban J connectivity index is 3.00. The van der Waals surface area contributed by atoms with Crippen molar-refractivity contribution in [1.29, 1.82) is 0 Å². The molecule has 0 spiro atoms. The highest BCUT2D eigenvalue weighted by Gasteiger charge is 2.20. The van der Waals surface area contributed by atoms with Crippen LogP contribution in [0.15, 0.2) is 23.1 Å². The van der Waals surface area contributed by atoms with E-state index in [0.29, 0.717) is 0 Å². The second-order valence-electron chi connectivity index (χ2n) is 4.36. The van der Waals surface area contributed by atoms with Crippen LogP contribution in [0.5, 0.6) is 5.75 Å². The van der Waals surface area contributed by atoms with Crippen molar-refractivity contribution >= 4 is 26.4 Å². The molecule has 0 aliphatic heterocycles. The average molecular weight is 338 g/mol. The number of rotatable bonds is 7. The Kier molecular flexibility index (Phi) is 5.63. The number of ether oxygens (including phenoxy) is 1. The van der Waals surface area contributed by atoms with E-state index in [-0.39, 0.29) is 24.0 Å². The first-order valence-electron chi connectivity index (χ1n) is 5.67. The van der Waals surface area contributed by atoms with Crippen LogP contribution < -0.4 is 9.88 Å². The summed E-state index contributed by atoms with van der Waals surface area (Å²) < 4.78 is 48.6. The molecule has 0 aromatic heterocycles. The van der Waals surface area contributed by atoms with Crippen molar-refractivity contribution in [2.75, 3.05) is 12.4 Å². The second-order valence-corrected chi connectivity index (χ2v) is 6.96. The smallest absolute Gasteiger partial charge is 0.312 e. The fourth-order valence-electron chi connectivity index (χ4n) is 1.48. The number of hydrogen-bond acceptors (Lipinski definition) is 7. The van der Waals surface area contributed by atoms with E-state index in [1.165, 1.54) is 0 Å². The van der Waals surface area contributed by atoms with Crippen LogP contribution in [-0.4, -0.2) is 34.1 Å². The third kappa shape index (κ3) is 5.28. The summed E-state index contributed by atoms with van der Waals surface area (Å²) in [5, 5.41) is 15.8. The molecule has 1 aromatic carbocycles. The van der Waals surface area contributed by atoms with Crippen molar-refractivity contribution in [3.8, 4) is 5.75 Å². The zero-order chi connectivity index (χ0) is 16.2. The number of primary sulfonamides is 1. The molecule has 118 valence electrons. The molecule has 0 bridgehead atoms. The molecular formula is C10H14N2O7S2. The van der Waals surface area contributed by atoms with E-state index in [0.717, 1.165) is 18.2 Å². The lowest BCUT2D eigenvalue weighted by Gasteiger charge is -2.11. The fourth-order valence-corrected chi connectivity index (χ4v) is 2.63. The van der Waals surface area contributed by atoms with Crippen molar-refractivity contribution in [1.82, 2.24) is 0 Å². The average Bonchev–Trinajstić information content (AvgIpc) is 2.34. The Morgan fingerprint density at radius 2 is 2.05 bits per heavy atom. The molecule has 0 radical (unpaired) electrons. The molecule has 21 heavy (non-hydrogen) atoms. The quantitative estimate of drug-likeness (QED) is 0.400. The van der Waals surface area contributed by atoms with Gasteiger partial charge in [0.15, 0.2) is 5.75 Å².